The Morgan fingerprint density at radius 3 is 1.43 bits per heavy atom. The molecule has 0 aromatic carbocycles. The Labute approximate surface area is 381 Å². The first-order chi connectivity index (χ1) is 27.6. The molecular formula is C57H104O4. The van der Waals surface area contributed by atoms with Gasteiger partial charge in [0.15, 0.2) is 0 Å². The van der Waals surface area contributed by atoms with E-state index in [-0.39, 0.29) is 86.2 Å². The van der Waals surface area contributed by atoms with Crippen LogP contribution in [0.2, 0.25) is 0 Å². The van der Waals surface area contributed by atoms with E-state index in [1.54, 1.807) is 0 Å². The van der Waals surface area contributed by atoms with E-state index in [1.807, 2.05) is 26.8 Å². The van der Waals surface area contributed by atoms with Crippen LogP contribution in [0, 0.1) is 73.9 Å². The maximum atomic E-state index is 13.1. The van der Waals surface area contributed by atoms with Crippen LogP contribution in [0.4, 0.5) is 0 Å². The van der Waals surface area contributed by atoms with E-state index in [4.69, 9.17) is 9.47 Å². The van der Waals surface area contributed by atoms with Crippen molar-refractivity contribution in [3.8, 4) is 0 Å². The van der Waals surface area contributed by atoms with Crippen LogP contribution in [-0.4, -0.2) is 24.1 Å². The van der Waals surface area contributed by atoms with E-state index in [9.17, 15) is 9.59 Å². The fourth-order valence-electron chi connectivity index (χ4n) is 10.1. The summed E-state index contributed by atoms with van der Waals surface area (Å²) in [7, 11) is 0. The minimum atomic E-state index is -0.276. The van der Waals surface area contributed by atoms with E-state index < -0.39 is 0 Å². The van der Waals surface area contributed by atoms with Crippen LogP contribution in [0.15, 0.2) is 48.6 Å². The van der Waals surface area contributed by atoms with Crippen molar-refractivity contribution in [2.24, 2.45) is 73.9 Å². The van der Waals surface area contributed by atoms with Gasteiger partial charge in [-0.15, -0.1) is 0 Å². The summed E-state index contributed by atoms with van der Waals surface area (Å²) in [6.45, 7) is 60.9. The molecule has 4 nitrogen and oxygen atoms in total. The lowest BCUT2D eigenvalue weighted by Gasteiger charge is -2.50. The normalized spacial score (nSPS) is 17.7. The Morgan fingerprint density at radius 2 is 0.984 bits per heavy atom. The van der Waals surface area contributed by atoms with Gasteiger partial charge in [-0.25, -0.2) is 0 Å². The van der Waals surface area contributed by atoms with E-state index >= 15 is 0 Å². The lowest BCUT2D eigenvalue weighted by Crippen LogP contribution is -2.42. The minimum absolute atomic E-state index is 0.0309. The third-order valence-electron chi connectivity index (χ3n) is 16.0. The highest BCUT2D eigenvalue weighted by Crippen LogP contribution is 2.55. The number of carbonyl (C=O) groups excluding carboxylic acids is 2. The van der Waals surface area contributed by atoms with Crippen LogP contribution in [0.5, 0.6) is 0 Å². The molecule has 0 amide bonds. The molecule has 7 unspecified atom stereocenters. The summed E-state index contributed by atoms with van der Waals surface area (Å²) < 4.78 is 12.0. The highest BCUT2D eigenvalue weighted by molar-refractivity contribution is 5.72. The second-order valence-electron chi connectivity index (χ2n) is 24.7. The number of hydrogen-bond donors (Lipinski definition) is 0. The highest BCUT2D eigenvalue weighted by atomic mass is 16.5. The molecule has 7 atom stereocenters. The van der Waals surface area contributed by atoms with Crippen LogP contribution in [0.25, 0.3) is 0 Å². The molecule has 4 heteroatoms. The molecule has 0 aliphatic heterocycles. The highest BCUT2D eigenvalue weighted by Gasteiger charge is 2.46. The molecule has 0 spiro atoms. The average Bonchev–Trinajstić information content (AvgIpc) is 3.12. The average molecular weight is 853 g/mol. The third kappa shape index (κ3) is 18.5. The topological polar surface area (TPSA) is 52.6 Å². The second kappa shape index (κ2) is 24.3. The first kappa shape index (κ1) is 58.9. The molecule has 0 rings (SSSR count). The van der Waals surface area contributed by atoms with Gasteiger partial charge in [-0.3, -0.25) is 9.59 Å². The largest absolute Gasteiger partial charge is 0.462 e. The van der Waals surface area contributed by atoms with Crippen molar-refractivity contribution in [2.45, 2.75) is 229 Å². The fraction of sp³-hybridized carbons (Fsp3) is 0.825. The minimum Gasteiger partial charge on any atom is -0.462 e. The van der Waals surface area contributed by atoms with Gasteiger partial charge >= 0.3 is 11.9 Å². The van der Waals surface area contributed by atoms with Crippen LogP contribution in [0.1, 0.15) is 217 Å². The Balaban J connectivity index is 6.00. The zero-order valence-corrected chi connectivity index (χ0v) is 44.9. The summed E-state index contributed by atoms with van der Waals surface area (Å²) in [5.41, 5.74) is 2.77. The quantitative estimate of drug-likeness (QED) is 0.0556. The van der Waals surface area contributed by atoms with Crippen molar-refractivity contribution in [3.05, 3.63) is 48.6 Å². The van der Waals surface area contributed by atoms with Crippen molar-refractivity contribution < 1.29 is 19.1 Å². The molecule has 0 bridgehead atoms. The maximum absolute atomic E-state index is 13.1. The summed E-state index contributed by atoms with van der Waals surface area (Å²) in [5.74, 6) is 1.30. The lowest BCUT2D eigenvalue weighted by atomic mass is 9.54. The standard InChI is InChI=1S/C57H104O4/c1-26-46(27-2)48(56(22,23)45(13)61-51(59)44(12)40(7)8)36-54(18,19)38-53(16,17)35-41(9)32-34-55(20,21)57(24,25)49(47(28-3)29-4)37-52(14,15)33-30-31-42(10)60-50(58)43(11)39(5)6/h26-29,39-45,48-49H,1,3,30-38H2,2,4-25H3/b46-27+,47-29+. The van der Waals surface area contributed by atoms with E-state index in [1.165, 1.54) is 24.0 Å². The third-order valence-corrected chi connectivity index (χ3v) is 16.0. The summed E-state index contributed by atoms with van der Waals surface area (Å²) in [6, 6.07) is 0. The van der Waals surface area contributed by atoms with Gasteiger partial charge in [-0.1, -0.05) is 175 Å². The smallest absolute Gasteiger partial charge is 0.309 e. The van der Waals surface area contributed by atoms with Crippen LogP contribution < -0.4 is 0 Å². The molecule has 0 aliphatic rings. The van der Waals surface area contributed by atoms with Crippen molar-refractivity contribution in [1.29, 1.82) is 0 Å². The number of allylic oxidation sites excluding steroid dienone is 6. The maximum Gasteiger partial charge on any atom is 0.309 e. The molecule has 0 aromatic heterocycles. The van der Waals surface area contributed by atoms with Crippen LogP contribution >= 0.6 is 0 Å². The van der Waals surface area contributed by atoms with Gasteiger partial charge in [0, 0.05) is 5.41 Å². The van der Waals surface area contributed by atoms with Crippen molar-refractivity contribution in [1.82, 2.24) is 0 Å². The Hall–Kier alpha value is -2.10. The van der Waals surface area contributed by atoms with Gasteiger partial charge in [0.1, 0.15) is 6.10 Å². The number of ether oxygens (including phenoxy) is 2. The summed E-state index contributed by atoms with van der Waals surface area (Å²) in [4.78, 5) is 25.7. The van der Waals surface area contributed by atoms with Crippen molar-refractivity contribution in [2.75, 3.05) is 0 Å². The SMILES string of the molecule is C=C/C(=C\C)C(CC(C)(C)CC(C)(C)CC(C)CCC(C)(C)C(C)(C)C(CC(C)(C)CCCC(C)OC(=O)C(C)C(C)C)/C(C=C)=C/C)C(C)(C)C(C)OC(=O)C(C)C(C)C. The van der Waals surface area contributed by atoms with Gasteiger partial charge in [0.05, 0.1) is 17.9 Å². The van der Waals surface area contributed by atoms with Crippen LogP contribution in [-0.2, 0) is 19.1 Å². The monoisotopic (exact) mass is 853 g/mol. The van der Waals surface area contributed by atoms with Gasteiger partial charge in [-0.05, 0) is 147 Å². The zero-order valence-electron chi connectivity index (χ0n) is 44.9. The van der Waals surface area contributed by atoms with Gasteiger partial charge in [0.25, 0.3) is 0 Å². The molecule has 0 saturated carbocycles. The Kier molecular flexibility index (Phi) is 23.4. The summed E-state index contributed by atoms with van der Waals surface area (Å²) in [6.07, 6.45) is 18.0. The van der Waals surface area contributed by atoms with Crippen molar-refractivity contribution in [3.63, 3.8) is 0 Å². The molecule has 0 radical (unpaired) electrons. The Bertz CT molecular complexity index is 1430. The van der Waals surface area contributed by atoms with Gasteiger partial charge in [-0.2, -0.15) is 0 Å². The predicted octanol–water partition coefficient (Wildman–Crippen LogP) is 17.2. The summed E-state index contributed by atoms with van der Waals surface area (Å²) >= 11 is 0. The number of hydrogen-bond acceptors (Lipinski definition) is 4. The number of carbonyl (C=O) groups is 2. The zero-order chi connectivity index (χ0) is 48.1. The van der Waals surface area contributed by atoms with E-state index in [0.717, 1.165) is 44.9 Å². The van der Waals surface area contributed by atoms with E-state index in [2.05, 4.69) is 170 Å². The molecule has 0 N–H and O–H groups in total. The Morgan fingerprint density at radius 1 is 0.557 bits per heavy atom. The molecule has 61 heavy (non-hydrogen) atoms. The first-order valence-corrected chi connectivity index (χ1v) is 24.6. The fourth-order valence-corrected chi connectivity index (χ4v) is 10.1. The second-order valence-corrected chi connectivity index (χ2v) is 24.7. The van der Waals surface area contributed by atoms with Gasteiger partial charge < -0.3 is 9.47 Å². The lowest BCUT2D eigenvalue weighted by molar-refractivity contribution is -0.162. The molecule has 0 saturated heterocycles. The summed E-state index contributed by atoms with van der Waals surface area (Å²) in [5, 5.41) is 0. The molecule has 356 valence electrons. The van der Waals surface area contributed by atoms with Gasteiger partial charge in [0.2, 0.25) is 0 Å². The van der Waals surface area contributed by atoms with E-state index in [0.29, 0.717) is 11.8 Å². The first-order valence-electron chi connectivity index (χ1n) is 24.6. The number of rotatable bonds is 29. The molecule has 0 aliphatic carbocycles. The number of esters is 2. The predicted molar refractivity (Wildman–Crippen MR) is 267 cm³/mol. The molecule has 0 aromatic rings. The van der Waals surface area contributed by atoms with Crippen molar-refractivity contribution >= 4 is 11.9 Å². The molecule has 0 fully saturated rings. The molecule has 0 heterocycles. The van der Waals surface area contributed by atoms with Crippen LogP contribution in [0.3, 0.4) is 0 Å². The molecular weight excluding hydrogens is 749 g/mol.